The average molecular weight is 225 g/mol. The molecule has 2 rings (SSSR count). The van der Waals surface area contributed by atoms with Crippen molar-refractivity contribution in [3.8, 4) is 0 Å². The molecule has 0 aliphatic heterocycles. The van der Waals surface area contributed by atoms with Gasteiger partial charge in [0.1, 0.15) is 0 Å². The Morgan fingerprint density at radius 1 is 1.06 bits per heavy atom. The van der Waals surface area contributed by atoms with Gasteiger partial charge in [-0.3, -0.25) is 0 Å². The highest BCUT2D eigenvalue weighted by atomic mass is 16.3. The number of aliphatic hydroxyl groups excluding tert-OH is 1. The van der Waals surface area contributed by atoms with Crippen molar-refractivity contribution in [3.63, 3.8) is 0 Å². The van der Waals surface area contributed by atoms with Crippen molar-refractivity contribution in [2.45, 2.75) is 63.8 Å². The molecule has 16 heavy (non-hydrogen) atoms. The molecule has 2 heteroatoms. The Balaban J connectivity index is 1.90. The minimum Gasteiger partial charge on any atom is -0.396 e. The quantitative estimate of drug-likeness (QED) is 0.744. The summed E-state index contributed by atoms with van der Waals surface area (Å²) >= 11 is 0. The Morgan fingerprint density at radius 3 is 2.12 bits per heavy atom. The van der Waals surface area contributed by atoms with Crippen LogP contribution in [0.4, 0.5) is 0 Å². The first-order chi connectivity index (χ1) is 7.76. The molecular weight excluding hydrogens is 198 g/mol. The van der Waals surface area contributed by atoms with Crippen LogP contribution in [0.3, 0.4) is 0 Å². The van der Waals surface area contributed by atoms with E-state index in [0.29, 0.717) is 6.61 Å². The number of hydrogen-bond acceptors (Lipinski definition) is 2. The van der Waals surface area contributed by atoms with E-state index < -0.39 is 0 Å². The van der Waals surface area contributed by atoms with Crippen molar-refractivity contribution >= 4 is 0 Å². The molecule has 0 aromatic rings. The Morgan fingerprint density at radius 2 is 1.69 bits per heavy atom. The lowest BCUT2D eigenvalue weighted by Gasteiger charge is -2.41. The highest BCUT2D eigenvalue weighted by Crippen LogP contribution is 2.37. The first kappa shape index (κ1) is 12.4. The molecule has 2 fully saturated rings. The highest BCUT2D eigenvalue weighted by Gasteiger charge is 2.34. The molecule has 0 radical (unpaired) electrons. The zero-order chi connectivity index (χ0) is 11.4. The summed E-state index contributed by atoms with van der Waals surface area (Å²) in [6, 6.07) is 0.812. The van der Waals surface area contributed by atoms with Crippen LogP contribution in [-0.4, -0.2) is 36.2 Å². The van der Waals surface area contributed by atoms with Crippen molar-refractivity contribution in [2.24, 2.45) is 5.41 Å². The molecule has 0 spiro atoms. The fraction of sp³-hybridized carbons (Fsp3) is 1.00. The number of hydrogen-bond donors (Lipinski definition) is 1. The van der Waals surface area contributed by atoms with Gasteiger partial charge < -0.3 is 10.0 Å². The summed E-state index contributed by atoms with van der Waals surface area (Å²) in [5.41, 5.74) is 0.223. The number of rotatable bonds is 4. The van der Waals surface area contributed by atoms with E-state index in [1.54, 1.807) is 0 Å². The predicted molar refractivity (Wildman–Crippen MR) is 67.5 cm³/mol. The van der Waals surface area contributed by atoms with Crippen LogP contribution in [0.1, 0.15) is 57.8 Å². The summed E-state index contributed by atoms with van der Waals surface area (Å²) < 4.78 is 0. The van der Waals surface area contributed by atoms with E-state index in [-0.39, 0.29) is 5.41 Å². The minimum absolute atomic E-state index is 0.223. The third-order valence-corrected chi connectivity index (χ3v) is 4.78. The van der Waals surface area contributed by atoms with Gasteiger partial charge in [-0.05, 0) is 32.7 Å². The molecule has 0 saturated heterocycles. The van der Waals surface area contributed by atoms with E-state index in [4.69, 9.17) is 0 Å². The maximum Gasteiger partial charge on any atom is 0.0499 e. The van der Waals surface area contributed by atoms with Crippen LogP contribution >= 0.6 is 0 Å². The van der Waals surface area contributed by atoms with Crippen LogP contribution in [0.15, 0.2) is 0 Å². The third kappa shape index (κ3) is 2.78. The van der Waals surface area contributed by atoms with Crippen LogP contribution in [0.5, 0.6) is 0 Å². The summed E-state index contributed by atoms with van der Waals surface area (Å²) in [5, 5.41) is 9.76. The van der Waals surface area contributed by atoms with E-state index >= 15 is 0 Å². The number of aliphatic hydroxyl groups is 1. The fourth-order valence-electron chi connectivity index (χ4n) is 3.33. The van der Waals surface area contributed by atoms with Gasteiger partial charge in [-0.25, -0.2) is 0 Å². The van der Waals surface area contributed by atoms with Gasteiger partial charge >= 0.3 is 0 Å². The van der Waals surface area contributed by atoms with E-state index in [1.165, 1.54) is 57.8 Å². The zero-order valence-corrected chi connectivity index (χ0v) is 10.7. The molecule has 0 unspecified atom stereocenters. The summed E-state index contributed by atoms with van der Waals surface area (Å²) in [7, 11) is 2.26. The smallest absolute Gasteiger partial charge is 0.0499 e. The van der Waals surface area contributed by atoms with Crippen molar-refractivity contribution in [1.82, 2.24) is 4.90 Å². The molecule has 0 amide bonds. The lowest BCUT2D eigenvalue weighted by Crippen LogP contribution is -2.45. The Labute approximate surface area is 100 Å². The maximum atomic E-state index is 9.76. The topological polar surface area (TPSA) is 23.5 Å². The monoisotopic (exact) mass is 225 g/mol. The highest BCUT2D eigenvalue weighted by molar-refractivity contribution is 4.87. The van der Waals surface area contributed by atoms with Crippen molar-refractivity contribution in [2.75, 3.05) is 20.2 Å². The molecule has 0 heterocycles. The lowest BCUT2D eigenvalue weighted by atomic mass is 9.79. The normalized spacial score (nSPS) is 26.4. The van der Waals surface area contributed by atoms with Gasteiger partial charge in [-0.1, -0.05) is 32.1 Å². The van der Waals surface area contributed by atoms with Gasteiger partial charge in [0.2, 0.25) is 0 Å². The first-order valence-corrected chi connectivity index (χ1v) is 7.07. The van der Waals surface area contributed by atoms with E-state index in [1.807, 2.05) is 0 Å². The van der Waals surface area contributed by atoms with E-state index in [2.05, 4.69) is 11.9 Å². The van der Waals surface area contributed by atoms with Gasteiger partial charge in [0.05, 0.1) is 0 Å². The Hall–Kier alpha value is -0.0800. The largest absolute Gasteiger partial charge is 0.396 e. The molecule has 0 atom stereocenters. The lowest BCUT2D eigenvalue weighted by molar-refractivity contribution is 0.0369. The SMILES string of the molecule is CN(CC1(CO)CCCCCC1)C1CCC1. The van der Waals surface area contributed by atoms with Gasteiger partial charge in [0.15, 0.2) is 0 Å². The Bertz CT molecular complexity index is 205. The molecule has 0 aromatic carbocycles. The average Bonchev–Trinajstić information content (AvgIpc) is 2.41. The van der Waals surface area contributed by atoms with E-state index in [0.717, 1.165) is 12.6 Å². The molecule has 1 N–H and O–H groups in total. The molecule has 0 aromatic heterocycles. The van der Waals surface area contributed by atoms with Gasteiger partial charge in [0.25, 0.3) is 0 Å². The van der Waals surface area contributed by atoms with Crippen molar-refractivity contribution < 1.29 is 5.11 Å². The second-order valence-corrected chi connectivity index (χ2v) is 6.07. The van der Waals surface area contributed by atoms with Crippen LogP contribution in [-0.2, 0) is 0 Å². The van der Waals surface area contributed by atoms with Crippen LogP contribution in [0.25, 0.3) is 0 Å². The van der Waals surface area contributed by atoms with Crippen molar-refractivity contribution in [3.05, 3.63) is 0 Å². The zero-order valence-electron chi connectivity index (χ0n) is 10.7. The maximum absolute atomic E-state index is 9.76. The molecule has 2 saturated carbocycles. The second-order valence-electron chi connectivity index (χ2n) is 6.07. The fourth-order valence-corrected chi connectivity index (χ4v) is 3.33. The van der Waals surface area contributed by atoms with Gasteiger partial charge in [-0.15, -0.1) is 0 Å². The van der Waals surface area contributed by atoms with Gasteiger partial charge in [0, 0.05) is 24.6 Å². The summed E-state index contributed by atoms with van der Waals surface area (Å²) in [6.45, 7) is 1.51. The third-order valence-electron chi connectivity index (χ3n) is 4.78. The van der Waals surface area contributed by atoms with Gasteiger partial charge in [-0.2, -0.15) is 0 Å². The summed E-state index contributed by atoms with van der Waals surface area (Å²) in [6.07, 6.45) is 12.0. The minimum atomic E-state index is 0.223. The van der Waals surface area contributed by atoms with Crippen LogP contribution < -0.4 is 0 Å². The summed E-state index contributed by atoms with van der Waals surface area (Å²) in [4.78, 5) is 2.52. The molecule has 94 valence electrons. The molecule has 2 aliphatic carbocycles. The Kier molecular flexibility index (Phi) is 4.26. The summed E-state index contributed by atoms with van der Waals surface area (Å²) in [5.74, 6) is 0. The molecule has 0 bridgehead atoms. The van der Waals surface area contributed by atoms with Crippen LogP contribution in [0, 0.1) is 5.41 Å². The van der Waals surface area contributed by atoms with Crippen molar-refractivity contribution in [1.29, 1.82) is 0 Å². The van der Waals surface area contributed by atoms with E-state index in [9.17, 15) is 5.11 Å². The number of nitrogens with zero attached hydrogens (tertiary/aromatic N) is 1. The van der Waals surface area contributed by atoms with Crippen LogP contribution in [0.2, 0.25) is 0 Å². The second kappa shape index (κ2) is 5.50. The first-order valence-electron chi connectivity index (χ1n) is 7.07. The molecular formula is C14H27NO. The molecule has 2 nitrogen and oxygen atoms in total. The standard InChI is InChI=1S/C14H27NO/c1-15(13-7-6-8-13)11-14(12-16)9-4-2-3-5-10-14/h13,16H,2-12H2,1H3. The predicted octanol–water partition coefficient (Wildman–Crippen LogP) is 2.80. The molecule has 2 aliphatic rings.